The number of carbonyl (C=O) groups is 1. The molecule has 0 aliphatic carbocycles. The second kappa shape index (κ2) is 7.30. The summed E-state index contributed by atoms with van der Waals surface area (Å²) in [5.41, 5.74) is 1.29. The number of amides is 1. The highest BCUT2D eigenvalue weighted by atomic mass is 16.6. The predicted molar refractivity (Wildman–Crippen MR) is 100 cm³/mol. The number of carbonyl (C=O) groups excluding carboxylic acids is 1. The van der Waals surface area contributed by atoms with Gasteiger partial charge in [0.2, 0.25) is 5.91 Å². The number of rotatable bonds is 3. The molecule has 4 rings (SSSR count). The van der Waals surface area contributed by atoms with E-state index in [9.17, 15) is 9.59 Å². The predicted octanol–water partition coefficient (Wildman–Crippen LogP) is 1.41. The molecule has 0 bridgehead atoms. The Kier molecular flexibility index (Phi) is 4.70. The van der Waals surface area contributed by atoms with Crippen molar-refractivity contribution >= 4 is 17.3 Å². The highest BCUT2D eigenvalue weighted by Gasteiger charge is 2.27. The topological polar surface area (TPSA) is 85.7 Å². The van der Waals surface area contributed by atoms with Crippen LogP contribution in [0.4, 0.5) is 11.4 Å². The van der Waals surface area contributed by atoms with Crippen LogP contribution in [-0.2, 0) is 11.8 Å². The van der Waals surface area contributed by atoms with E-state index in [1.807, 2.05) is 17.0 Å². The van der Waals surface area contributed by atoms with Crippen molar-refractivity contribution in [2.45, 2.75) is 12.8 Å². The van der Waals surface area contributed by atoms with E-state index in [1.54, 1.807) is 25.4 Å². The van der Waals surface area contributed by atoms with E-state index in [0.29, 0.717) is 36.9 Å². The van der Waals surface area contributed by atoms with Crippen molar-refractivity contribution in [1.29, 1.82) is 0 Å². The second-order valence-electron chi connectivity index (χ2n) is 6.81. The number of hydrogen-bond donors (Lipinski definition) is 1. The summed E-state index contributed by atoms with van der Waals surface area (Å²) in [5.74, 6) is 1.15. The fourth-order valence-electron chi connectivity index (χ4n) is 3.42. The summed E-state index contributed by atoms with van der Waals surface area (Å²) in [6.45, 7) is 2.41. The first-order chi connectivity index (χ1) is 13.1. The summed E-state index contributed by atoms with van der Waals surface area (Å²) in [4.78, 5) is 26.6. The third kappa shape index (κ3) is 3.74. The van der Waals surface area contributed by atoms with E-state index in [1.165, 1.54) is 4.68 Å². The molecule has 1 atom stereocenters. The van der Waals surface area contributed by atoms with Crippen LogP contribution >= 0.6 is 0 Å². The minimum Gasteiger partial charge on any atom is -0.486 e. The molecule has 142 valence electrons. The summed E-state index contributed by atoms with van der Waals surface area (Å²) in [5, 5.41) is 7.04. The number of piperidine rings is 1. The average Bonchev–Trinajstić information content (AvgIpc) is 2.70. The van der Waals surface area contributed by atoms with Gasteiger partial charge < -0.3 is 19.7 Å². The number of nitrogens with one attached hydrogen (secondary N) is 1. The second-order valence-corrected chi connectivity index (χ2v) is 6.81. The minimum atomic E-state index is -0.157. The van der Waals surface area contributed by atoms with Crippen LogP contribution in [0.3, 0.4) is 0 Å². The monoisotopic (exact) mass is 370 g/mol. The molecule has 2 aliphatic heterocycles. The highest BCUT2D eigenvalue weighted by Crippen LogP contribution is 2.33. The molecule has 1 fully saturated rings. The molecule has 1 saturated heterocycles. The molecule has 0 saturated carbocycles. The molecule has 1 aromatic carbocycles. The number of benzene rings is 1. The zero-order valence-electron chi connectivity index (χ0n) is 15.2. The lowest BCUT2D eigenvalue weighted by Gasteiger charge is -2.33. The van der Waals surface area contributed by atoms with Crippen molar-refractivity contribution in [1.82, 2.24) is 9.78 Å². The molecule has 2 aliphatic rings. The number of hydrogen-bond acceptors (Lipinski definition) is 6. The first-order valence-electron chi connectivity index (χ1n) is 9.09. The van der Waals surface area contributed by atoms with Crippen LogP contribution in [-0.4, -0.2) is 42.0 Å². The van der Waals surface area contributed by atoms with Crippen LogP contribution in [0.5, 0.6) is 11.5 Å². The average molecular weight is 370 g/mol. The maximum atomic E-state index is 12.7. The van der Waals surface area contributed by atoms with Crippen molar-refractivity contribution in [3.05, 3.63) is 40.8 Å². The Morgan fingerprint density at radius 3 is 2.85 bits per heavy atom. The van der Waals surface area contributed by atoms with Crippen molar-refractivity contribution in [2.75, 3.05) is 36.5 Å². The van der Waals surface area contributed by atoms with Crippen LogP contribution in [0.2, 0.25) is 0 Å². The van der Waals surface area contributed by atoms with Gasteiger partial charge in [0.05, 0.1) is 17.8 Å². The fraction of sp³-hybridized carbons (Fsp3) is 0.421. The molecule has 1 amide bonds. The molecule has 8 heteroatoms. The lowest BCUT2D eigenvalue weighted by atomic mass is 9.96. The Balaban J connectivity index is 1.44. The first-order valence-corrected chi connectivity index (χ1v) is 9.09. The number of ether oxygens (including phenoxy) is 2. The number of aryl methyl sites for hydroxylation is 1. The maximum absolute atomic E-state index is 12.7. The maximum Gasteiger partial charge on any atom is 0.268 e. The van der Waals surface area contributed by atoms with Gasteiger partial charge in [-0.05, 0) is 25.0 Å². The van der Waals surface area contributed by atoms with Gasteiger partial charge in [0.25, 0.3) is 5.56 Å². The summed E-state index contributed by atoms with van der Waals surface area (Å²) >= 11 is 0. The van der Waals surface area contributed by atoms with Crippen molar-refractivity contribution in [3.8, 4) is 11.5 Å². The van der Waals surface area contributed by atoms with Crippen LogP contribution in [0.1, 0.15) is 12.8 Å². The normalized spacial score (nSPS) is 18.9. The Morgan fingerprint density at radius 2 is 2.04 bits per heavy atom. The molecule has 8 nitrogen and oxygen atoms in total. The summed E-state index contributed by atoms with van der Waals surface area (Å²) in [6, 6.07) is 6.98. The van der Waals surface area contributed by atoms with Crippen molar-refractivity contribution in [3.63, 3.8) is 0 Å². The smallest absolute Gasteiger partial charge is 0.268 e. The van der Waals surface area contributed by atoms with Gasteiger partial charge in [0, 0.05) is 38.0 Å². The van der Waals surface area contributed by atoms with Gasteiger partial charge in [0.1, 0.15) is 13.2 Å². The van der Waals surface area contributed by atoms with E-state index in [2.05, 4.69) is 10.4 Å². The quantitative estimate of drug-likeness (QED) is 0.879. The molecular formula is C19H22N4O4. The Bertz CT molecular complexity index is 911. The summed E-state index contributed by atoms with van der Waals surface area (Å²) in [7, 11) is 1.62. The zero-order valence-corrected chi connectivity index (χ0v) is 15.2. The fourth-order valence-corrected chi connectivity index (χ4v) is 3.42. The summed E-state index contributed by atoms with van der Waals surface area (Å²) in [6.07, 6.45) is 3.36. The van der Waals surface area contributed by atoms with Crippen LogP contribution in [0.15, 0.2) is 35.3 Å². The number of aromatic nitrogens is 2. The van der Waals surface area contributed by atoms with Gasteiger partial charge in [0.15, 0.2) is 11.5 Å². The third-order valence-corrected chi connectivity index (χ3v) is 4.92. The largest absolute Gasteiger partial charge is 0.486 e. The Labute approximate surface area is 156 Å². The third-order valence-electron chi connectivity index (χ3n) is 4.92. The van der Waals surface area contributed by atoms with Crippen molar-refractivity contribution in [2.24, 2.45) is 13.0 Å². The molecular weight excluding hydrogens is 348 g/mol. The van der Waals surface area contributed by atoms with E-state index in [-0.39, 0.29) is 17.4 Å². The Hall–Kier alpha value is -3.03. The van der Waals surface area contributed by atoms with E-state index in [4.69, 9.17) is 9.47 Å². The number of nitrogens with zero attached hydrogens (tertiary/aromatic N) is 3. The number of anilines is 2. The van der Waals surface area contributed by atoms with E-state index < -0.39 is 0 Å². The van der Waals surface area contributed by atoms with Gasteiger partial charge >= 0.3 is 0 Å². The molecule has 1 N–H and O–H groups in total. The molecule has 0 radical (unpaired) electrons. The van der Waals surface area contributed by atoms with Gasteiger partial charge in [-0.25, -0.2) is 4.68 Å². The van der Waals surface area contributed by atoms with Crippen LogP contribution in [0.25, 0.3) is 0 Å². The molecule has 2 aromatic rings. The first kappa shape index (κ1) is 17.4. The van der Waals surface area contributed by atoms with E-state index in [0.717, 1.165) is 25.1 Å². The molecule has 1 aromatic heterocycles. The molecule has 0 unspecified atom stereocenters. The van der Waals surface area contributed by atoms with Gasteiger partial charge in [-0.15, -0.1) is 0 Å². The van der Waals surface area contributed by atoms with Gasteiger partial charge in [-0.3, -0.25) is 9.59 Å². The van der Waals surface area contributed by atoms with Gasteiger partial charge in [-0.1, -0.05) is 0 Å². The molecule has 3 heterocycles. The standard InChI is InChI=1S/C19H22N4O4/c1-22-18(24)10-15(11-20-22)23-6-2-3-13(12-23)19(25)21-14-4-5-16-17(9-14)27-8-7-26-16/h4-5,9-11,13H,2-3,6-8,12H2,1H3,(H,21,25)/t13-/m1/s1. The van der Waals surface area contributed by atoms with Crippen molar-refractivity contribution < 1.29 is 14.3 Å². The Morgan fingerprint density at radius 1 is 1.22 bits per heavy atom. The zero-order chi connectivity index (χ0) is 18.8. The highest BCUT2D eigenvalue weighted by molar-refractivity contribution is 5.93. The minimum absolute atomic E-state index is 0.0341. The molecule has 27 heavy (non-hydrogen) atoms. The summed E-state index contributed by atoms with van der Waals surface area (Å²) < 4.78 is 12.4. The number of fused-ring (bicyclic) bond motifs is 1. The van der Waals surface area contributed by atoms with Gasteiger partial charge in [-0.2, -0.15) is 5.10 Å². The SMILES string of the molecule is Cn1ncc(N2CCC[C@@H](C(=O)Nc3ccc4c(c3)OCCO4)C2)cc1=O. The lowest BCUT2D eigenvalue weighted by molar-refractivity contribution is -0.120. The molecule has 0 spiro atoms. The lowest BCUT2D eigenvalue weighted by Crippen LogP contribution is -2.41. The van der Waals surface area contributed by atoms with Crippen LogP contribution < -0.4 is 25.2 Å². The van der Waals surface area contributed by atoms with E-state index >= 15 is 0 Å². The van der Waals surface area contributed by atoms with Crippen LogP contribution in [0, 0.1) is 5.92 Å².